The van der Waals surface area contributed by atoms with Gasteiger partial charge in [-0.1, -0.05) is 52.0 Å². The molecule has 0 amide bonds. The molecular weight excluding hydrogens is 294 g/mol. The molecule has 2 heteroatoms. The minimum absolute atomic E-state index is 0.0110. The summed E-state index contributed by atoms with van der Waals surface area (Å²) < 4.78 is 0. The van der Waals surface area contributed by atoms with E-state index in [2.05, 4.69) is 70.8 Å². The number of Topliss-reactive ketones (excluding diaryl/α,β-unsaturated/α-hetero) is 1. The zero-order chi connectivity index (χ0) is 18.4. The molecule has 0 fully saturated rings. The molecule has 1 rings (SSSR count). The maximum atomic E-state index is 12.8. The number of ketones is 1. The number of hydrogen-bond donors (Lipinski definition) is 0. The van der Waals surface area contributed by atoms with Gasteiger partial charge in [-0.2, -0.15) is 0 Å². The summed E-state index contributed by atoms with van der Waals surface area (Å²) >= 11 is 0. The fourth-order valence-corrected chi connectivity index (χ4v) is 3.34. The van der Waals surface area contributed by atoms with E-state index < -0.39 is 0 Å². The van der Waals surface area contributed by atoms with Gasteiger partial charge in [-0.15, -0.1) is 0 Å². The van der Waals surface area contributed by atoms with Gasteiger partial charge in [-0.25, -0.2) is 0 Å². The minimum atomic E-state index is 0.0110. The molecule has 136 valence electrons. The van der Waals surface area contributed by atoms with Gasteiger partial charge < -0.3 is 0 Å². The average Bonchev–Trinajstić information content (AvgIpc) is 2.53. The van der Waals surface area contributed by atoms with Crippen LogP contribution in [0.25, 0.3) is 0 Å². The van der Waals surface area contributed by atoms with E-state index >= 15 is 0 Å². The number of nitrogens with zero attached hydrogens (tertiary/aromatic N) is 1. The van der Waals surface area contributed by atoms with E-state index in [1.54, 1.807) is 0 Å². The first kappa shape index (κ1) is 20.9. The Labute approximate surface area is 149 Å². The van der Waals surface area contributed by atoms with Crippen LogP contribution in [0.2, 0.25) is 0 Å². The number of carbonyl (C=O) groups is 1. The quantitative estimate of drug-likeness (QED) is 0.625. The highest BCUT2D eigenvalue weighted by atomic mass is 16.1. The zero-order valence-corrected chi connectivity index (χ0v) is 17.0. The van der Waals surface area contributed by atoms with Gasteiger partial charge in [0.15, 0.2) is 5.78 Å². The zero-order valence-electron chi connectivity index (χ0n) is 17.0. The summed E-state index contributed by atoms with van der Waals surface area (Å²) in [6, 6.07) is 9.01. The van der Waals surface area contributed by atoms with Crippen LogP contribution in [0.1, 0.15) is 59.1 Å². The molecule has 0 radical (unpaired) electrons. The highest BCUT2D eigenvalue weighted by Crippen LogP contribution is 2.27. The third-order valence-electron chi connectivity index (χ3n) is 5.64. The highest BCUT2D eigenvalue weighted by molar-refractivity contribution is 5.86. The number of rotatable bonds is 9. The molecule has 0 heterocycles. The fourth-order valence-electron chi connectivity index (χ4n) is 3.34. The smallest absolute Gasteiger partial charge is 0.152 e. The number of carbonyl (C=O) groups excluding carboxylic acids is 1. The Morgan fingerprint density at radius 2 is 1.62 bits per heavy atom. The van der Waals surface area contributed by atoms with Crippen molar-refractivity contribution in [3.05, 3.63) is 35.4 Å². The van der Waals surface area contributed by atoms with Gasteiger partial charge in [0.1, 0.15) is 0 Å². The van der Waals surface area contributed by atoms with Crippen LogP contribution in [0.4, 0.5) is 0 Å². The van der Waals surface area contributed by atoms with Crippen molar-refractivity contribution in [3.8, 4) is 0 Å². The van der Waals surface area contributed by atoms with Crippen LogP contribution < -0.4 is 0 Å². The van der Waals surface area contributed by atoms with E-state index in [0.717, 1.165) is 12.8 Å². The van der Waals surface area contributed by atoms with Crippen LogP contribution in [0.15, 0.2) is 24.3 Å². The molecule has 0 aliphatic heterocycles. The van der Waals surface area contributed by atoms with E-state index in [4.69, 9.17) is 0 Å². The van der Waals surface area contributed by atoms with Gasteiger partial charge >= 0.3 is 0 Å². The Balaban J connectivity index is 2.83. The molecule has 24 heavy (non-hydrogen) atoms. The van der Waals surface area contributed by atoms with E-state index in [-0.39, 0.29) is 12.0 Å². The number of aryl methyl sites for hydroxylation is 2. The summed E-state index contributed by atoms with van der Waals surface area (Å²) in [5.41, 5.74) is 2.80. The molecule has 0 saturated carbocycles. The number of hydrogen-bond acceptors (Lipinski definition) is 2. The van der Waals surface area contributed by atoms with Crippen molar-refractivity contribution in [1.82, 2.24) is 4.90 Å². The average molecular weight is 332 g/mol. The molecule has 0 bridgehead atoms. The van der Waals surface area contributed by atoms with Crippen molar-refractivity contribution >= 4 is 5.78 Å². The van der Waals surface area contributed by atoms with Gasteiger partial charge in [0.05, 0.1) is 6.04 Å². The Morgan fingerprint density at radius 1 is 1.04 bits per heavy atom. The molecule has 0 unspecified atom stereocenters. The van der Waals surface area contributed by atoms with Crippen LogP contribution in [0.5, 0.6) is 0 Å². The largest absolute Gasteiger partial charge is 0.298 e. The van der Waals surface area contributed by atoms with Gasteiger partial charge in [0.25, 0.3) is 0 Å². The summed E-state index contributed by atoms with van der Waals surface area (Å²) in [4.78, 5) is 15.1. The molecule has 0 N–H and O–H groups in total. The Hall–Kier alpha value is -1.15. The third-order valence-corrected chi connectivity index (χ3v) is 5.64. The molecule has 1 aromatic rings. The lowest BCUT2D eigenvalue weighted by atomic mass is 9.80. The lowest BCUT2D eigenvalue weighted by Crippen LogP contribution is -2.49. The molecule has 1 aromatic carbocycles. The van der Waals surface area contributed by atoms with Crippen LogP contribution in [0, 0.1) is 24.7 Å². The van der Waals surface area contributed by atoms with Crippen LogP contribution in [-0.2, 0) is 11.2 Å². The predicted octanol–water partition coefficient (Wildman–Crippen LogP) is 5.13. The van der Waals surface area contributed by atoms with Crippen molar-refractivity contribution in [1.29, 1.82) is 0 Å². The van der Waals surface area contributed by atoms with Crippen molar-refractivity contribution in [2.75, 3.05) is 7.05 Å². The fraction of sp³-hybridized carbons (Fsp3) is 0.682. The minimum Gasteiger partial charge on any atom is -0.298 e. The lowest BCUT2D eigenvalue weighted by Gasteiger charge is -2.38. The first-order valence-electron chi connectivity index (χ1n) is 9.47. The molecule has 0 aliphatic rings. The predicted molar refractivity (Wildman–Crippen MR) is 104 cm³/mol. The van der Waals surface area contributed by atoms with Crippen LogP contribution >= 0.6 is 0 Å². The molecule has 0 aromatic heterocycles. The Bertz CT molecular complexity index is 520. The van der Waals surface area contributed by atoms with Gasteiger partial charge in [0, 0.05) is 12.0 Å². The second kappa shape index (κ2) is 9.36. The molecule has 0 aliphatic carbocycles. The molecule has 2 nitrogen and oxygen atoms in total. The topological polar surface area (TPSA) is 20.3 Å². The lowest BCUT2D eigenvalue weighted by molar-refractivity contribution is -0.130. The summed E-state index contributed by atoms with van der Waals surface area (Å²) in [5, 5.41) is 0. The monoisotopic (exact) mass is 331 g/mol. The van der Waals surface area contributed by atoms with E-state index in [9.17, 15) is 4.79 Å². The Kier molecular flexibility index (Phi) is 8.15. The molecular formula is C22H37NO. The normalized spacial score (nSPS) is 15.8. The van der Waals surface area contributed by atoms with Gasteiger partial charge in [0.2, 0.25) is 0 Å². The summed E-state index contributed by atoms with van der Waals surface area (Å²) in [5.74, 6) is 1.33. The van der Waals surface area contributed by atoms with E-state index in [0.29, 0.717) is 23.7 Å². The molecule has 0 spiro atoms. The van der Waals surface area contributed by atoms with Gasteiger partial charge in [-0.3, -0.25) is 9.69 Å². The van der Waals surface area contributed by atoms with Crippen LogP contribution in [0.3, 0.4) is 0 Å². The summed E-state index contributed by atoms with van der Waals surface area (Å²) in [7, 11) is 2.10. The molecule has 3 atom stereocenters. The van der Waals surface area contributed by atoms with Crippen molar-refractivity contribution in [3.63, 3.8) is 0 Å². The first-order valence-corrected chi connectivity index (χ1v) is 9.47. The number of benzene rings is 1. The standard InChI is InChI=1S/C22H37NO/c1-15(2)22(24)21(23(8)16(3)4)19(7)17(5)13-14-20-12-10-9-11-18(20)6/h9-12,15-17,19,21H,13-14H2,1-8H3/t17-,19-,21+/m1/s1. The van der Waals surface area contributed by atoms with E-state index in [1.165, 1.54) is 11.1 Å². The third kappa shape index (κ3) is 5.44. The van der Waals surface area contributed by atoms with Gasteiger partial charge in [-0.05, 0) is 63.6 Å². The number of likely N-dealkylation sites (N-methyl/N-ethyl adjacent to an activating group) is 1. The maximum Gasteiger partial charge on any atom is 0.152 e. The van der Waals surface area contributed by atoms with E-state index in [1.807, 2.05) is 13.8 Å². The maximum absolute atomic E-state index is 12.8. The first-order chi connectivity index (χ1) is 11.2. The highest BCUT2D eigenvalue weighted by Gasteiger charge is 2.34. The van der Waals surface area contributed by atoms with Crippen LogP contribution in [-0.4, -0.2) is 29.8 Å². The van der Waals surface area contributed by atoms with Crippen molar-refractivity contribution in [2.45, 2.75) is 73.4 Å². The summed E-state index contributed by atoms with van der Waals surface area (Å²) in [6.45, 7) is 15.1. The SMILES string of the molecule is Cc1ccccc1CC[C@@H](C)[C@@H](C)[C@@H](C(=O)C(C)C)N(C)C(C)C. The second-order valence-electron chi connectivity index (χ2n) is 8.06. The molecule has 0 saturated heterocycles. The second-order valence-corrected chi connectivity index (χ2v) is 8.06. The Morgan fingerprint density at radius 3 is 2.12 bits per heavy atom. The van der Waals surface area contributed by atoms with Crippen molar-refractivity contribution in [2.24, 2.45) is 17.8 Å². The van der Waals surface area contributed by atoms with Crippen molar-refractivity contribution < 1.29 is 4.79 Å². The summed E-state index contributed by atoms with van der Waals surface area (Å²) in [6.07, 6.45) is 2.21.